The van der Waals surface area contributed by atoms with Crippen LogP contribution in [0.1, 0.15) is 10.4 Å². The Kier molecular flexibility index (Phi) is 5.03. The number of benzene rings is 1. The molecule has 0 heterocycles. The number of carboxylic acid groups (broad SMARTS) is 1. The van der Waals surface area contributed by atoms with E-state index in [2.05, 4.69) is 4.74 Å². The van der Waals surface area contributed by atoms with Crippen molar-refractivity contribution in [2.75, 3.05) is 6.26 Å². The molecule has 0 amide bonds. The van der Waals surface area contributed by atoms with Crippen molar-refractivity contribution in [3.05, 3.63) is 23.8 Å². The van der Waals surface area contributed by atoms with Crippen molar-refractivity contribution in [2.45, 2.75) is 23.4 Å². The average molecular weight is 334 g/mol. The van der Waals surface area contributed by atoms with Gasteiger partial charge in [0, 0.05) is 4.90 Å². The van der Waals surface area contributed by atoms with Crippen LogP contribution in [0.5, 0.6) is 5.75 Å². The number of rotatable bonds is 4. The van der Waals surface area contributed by atoms with Crippen LogP contribution in [0.15, 0.2) is 23.1 Å². The van der Waals surface area contributed by atoms with Gasteiger partial charge in [-0.15, -0.1) is 11.8 Å². The summed E-state index contributed by atoms with van der Waals surface area (Å²) >= 11 is 0.857. The molecule has 0 aliphatic heterocycles. The summed E-state index contributed by atoms with van der Waals surface area (Å²) in [6.07, 6.45) is -14.1. The maximum atomic E-state index is 12.4. The monoisotopic (exact) mass is 334 g/mol. The first kappa shape index (κ1) is 17.5. The van der Waals surface area contributed by atoms with Crippen LogP contribution in [0.4, 0.5) is 26.3 Å². The number of carboxylic acids is 1. The lowest BCUT2D eigenvalue weighted by molar-refractivity contribution is -0.300. The van der Waals surface area contributed by atoms with E-state index < -0.39 is 35.7 Å². The van der Waals surface area contributed by atoms with E-state index in [4.69, 9.17) is 5.11 Å². The Hall–Kier alpha value is -1.58. The highest BCUT2D eigenvalue weighted by Gasteiger charge is 2.59. The molecule has 0 fully saturated rings. The fraction of sp³-hybridized carbons (Fsp3) is 0.364. The van der Waals surface area contributed by atoms with Crippen LogP contribution >= 0.6 is 11.8 Å². The van der Waals surface area contributed by atoms with Crippen molar-refractivity contribution in [2.24, 2.45) is 0 Å². The highest BCUT2D eigenvalue weighted by atomic mass is 32.2. The van der Waals surface area contributed by atoms with E-state index >= 15 is 0 Å². The van der Waals surface area contributed by atoms with Gasteiger partial charge in [-0.1, -0.05) is 6.07 Å². The van der Waals surface area contributed by atoms with Crippen molar-refractivity contribution in [3.8, 4) is 5.75 Å². The minimum atomic E-state index is -5.72. The summed E-state index contributed by atoms with van der Waals surface area (Å²) in [5, 5.41) is 8.94. The number of halogens is 6. The Morgan fingerprint density at radius 3 is 2.10 bits per heavy atom. The number of ether oxygens (including phenoxy) is 1. The lowest BCUT2D eigenvalue weighted by atomic mass is 10.2. The topological polar surface area (TPSA) is 46.5 Å². The summed E-state index contributed by atoms with van der Waals surface area (Å²) in [6.45, 7) is 0. The van der Waals surface area contributed by atoms with Gasteiger partial charge in [-0.05, 0) is 18.4 Å². The summed E-state index contributed by atoms with van der Waals surface area (Å²) in [4.78, 5) is 11.0. The fourth-order valence-electron chi connectivity index (χ4n) is 1.44. The predicted octanol–water partition coefficient (Wildman–Crippen LogP) is 3.98. The third kappa shape index (κ3) is 4.19. The van der Waals surface area contributed by atoms with Gasteiger partial charge in [0.15, 0.2) is 0 Å². The first-order valence-corrected chi connectivity index (χ1v) is 6.41. The van der Waals surface area contributed by atoms with Gasteiger partial charge in [0.05, 0.1) is 0 Å². The molecule has 0 bridgehead atoms. The second kappa shape index (κ2) is 6.04. The van der Waals surface area contributed by atoms with Crippen LogP contribution in [-0.4, -0.2) is 35.8 Å². The Labute approximate surface area is 118 Å². The molecule has 3 nitrogen and oxygen atoms in total. The quantitative estimate of drug-likeness (QED) is 0.668. The molecule has 1 aromatic rings. The molecule has 0 aliphatic rings. The molecule has 1 rings (SSSR count). The Morgan fingerprint density at radius 1 is 1.19 bits per heavy atom. The predicted molar refractivity (Wildman–Crippen MR) is 61.7 cm³/mol. The summed E-state index contributed by atoms with van der Waals surface area (Å²) < 4.78 is 78.4. The van der Waals surface area contributed by atoms with Crippen molar-refractivity contribution in [1.82, 2.24) is 0 Å². The van der Waals surface area contributed by atoms with E-state index in [1.807, 2.05) is 0 Å². The van der Waals surface area contributed by atoms with E-state index in [-0.39, 0.29) is 4.90 Å². The van der Waals surface area contributed by atoms with Gasteiger partial charge in [-0.2, -0.15) is 26.3 Å². The number of aromatic carboxylic acids is 1. The average Bonchev–Trinajstić information content (AvgIpc) is 2.32. The summed E-state index contributed by atoms with van der Waals surface area (Å²) in [7, 11) is 0. The minimum Gasteiger partial charge on any atom is -0.478 e. The van der Waals surface area contributed by atoms with Gasteiger partial charge >= 0.3 is 18.3 Å². The number of alkyl halides is 6. The van der Waals surface area contributed by atoms with Gasteiger partial charge in [0.1, 0.15) is 11.3 Å². The molecule has 1 aromatic carbocycles. The second-order valence-electron chi connectivity index (χ2n) is 3.72. The SMILES string of the molecule is CSc1cccc(OC(C(F)(F)F)C(F)(F)F)c1C(=O)O. The number of hydrogen-bond donors (Lipinski definition) is 1. The Morgan fingerprint density at radius 2 is 1.71 bits per heavy atom. The molecule has 0 aromatic heterocycles. The van der Waals surface area contributed by atoms with Crippen molar-refractivity contribution < 1.29 is 41.0 Å². The van der Waals surface area contributed by atoms with E-state index in [1.54, 1.807) is 0 Å². The minimum absolute atomic E-state index is 0.0110. The first-order chi connectivity index (χ1) is 9.48. The van der Waals surface area contributed by atoms with Crippen LogP contribution in [-0.2, 0) is 0 Å². The third-order valence-electron chi connectivity index (χ3n) is 2.26. The number of carbonyl (C=O) groups is 1. The molecule has 0 saturated heterocycles. The van der Waals surface area contributed by atoms with Crippen LogP contribution in [0, 0.1) is 0 Å². The van der Waals surface area contributed by atoms with E-state index in [1.165, 1.54) is 12.3 Å². The smallest absolute Gasteiger partial charge is 0.434 e. The fourth-order valence-corrected chi connectivity index (χ4v) is 2.04. The van der Waals surface area contributed by atoms with E-state index in [0.29, 0.717) is 0 Å². The van der Waals surface area contributed by atoms with Gasteiger partial charge in [0.25, 0.3) is 6.10 Å². The van der Waals surface area contributed by atoms with Crippen molar-refractivity contribution >= 4 is 17.7 Å². The first-order valence-electron chi connectivity index (χ1n) is 5.19. The Balaban J connectivity index is 3.31. The zero-order valence-electron chi connectivity index (χ0n) is 10.2. The summed E-state index contributed by atoms with van der Waals surface area (Å²) in [5.41, 5.74) is -0.747. The highest BCUT2D eigenvalue weighted by molar-refractivity contribution is 7.98. The maximum absolute atomic E-state index is 12.4. The largest absolute Gasteiger partial charge is 0.478 e. The van der Waals surface area contributed by atoms with Gasteiger partial charge in [-0.3, -0.25) is 0 Å². The lowest BCUT2D eigenvalue weighted by Gasteiger charge is -2.24. The maximum Gasteiger partial charge on any atom is 0.434 e. The van der Waals surface area contributed by atoms with Crippen molar-refractivity contribution in [3.63, 3.8) is 0 Å². The molecule has 0 spiro atoms. The van der Waals surface area contributed by atoms with Gasteiger partial charge < -0.3 is 9.84 Å². The second-order valence-corrected chi connectivity index (χ2v) is 4.57. The molecule has 118 valence electrons. The summed E-state index contributed by atoms with van der Waals surface area (Å²) in [5.74, 6) is -2.67. The van der Waals surface area contributed by atoms with E-state index in [9.17, 15) is 31.1 Å². The standard InChI is InChI=1S/C11H8F6O3S/c1-21-6-4-2-3-5(7(6)8(18)19)20-9(10(12,13)14)11(15,16)17/h2-4,9H,1H3,(H,18,19). The Bertz CT molecular complexity index is 512. The van der Waals surface area contributed by atoms with Crippen LogP contribution in [0.3, 0.4) is 0 Å². The molecule has 0 saturated carbocycles. The lowest BCUT2D eigenvalue weighted by Crippen LogP contribution is -2.46. The zero-order chi connectivity index (χ0) is 16.4. The zero-order valence-corrected chi connectivity index (χ0v) is 11.1. The molecule has 10 heteroatoms. The van der Waals surface area contributed by atoms with Crippen LogP contribution in [0.2, 0.25) is 0 Å². The molecular weight excluding hydrogens is 326 g/mol. The van der Waals surface area contributed by atoms with Crippen LogP contribution < -0.4 is 4.74 Å². The van der Waals surface area contributed by atoms with Gasteiger partial charge in [-0.25, -0.2) is 4.79 Å². The number of thioether (sulfide) groups is 1. The van der Waals surface area contributed by atoms with Gasteiger partial charge in [0.2, 0.25) is 0 Å². The third-order valence-corrected chi connectivity index (χ3v) is 3.04. The molecule has 1 N–H and O–H groups in total. The molecule has 0 atom stereocenters. The molecule has 0 unspecified atom stereocenters. The molecular formula is C11H8F6O3S. The molecule has 0 aliphatic carbocycles. The van der Waals surface area contributed by atoms with E-state index in [0.717, 1.165) is 23.9 Å². The van der Waals surface area contributed by atoms with Crippen molar-refractivity contribution in [1.29, 1.82) is 0 Å². The highest BCUT2D eigenvalue weighted by Crippen LogP contribution is 2.38. The normalized spacial score (nSPS) is 12.6. The number of hydrogen-bond acceptors (Lipinski definition) is 3. The molecule has 21 heavy (non-hydrogen) atoms. The van der Waals surface area contributed by atoms with Crippen LogP contribution in [0.25, 0.3) is 0 Å². The molecule has 0 radical (unpaired) electrons. The summed E-state index contributed by atoms with van der Waals surface area (Å²) in [6, 6.07) is 3.10.